The lowest BCUT2D eigenvalue weighted by Crippen LogP contribution is -2.38. The van der Waals surface area contributed by atoms with Gasteiger partial charge in [-0.2, -0.15) is 5.26 Å². The van der Waals surface area contributed by atoms with Crippen molar-refractivity contribution in [1.82, 2.24) is 4.57 Å². The van der Waals surface area contributed by atoms with Crippen LogP contribution >= 0.6 is 15.9 Å². The standard InChI is InChI=1S/C23H31BrN2O/c1-4-6-9-23(27-12-5-2)10-7-19(8-11-23)26-16-21(24)20-14-18(15-25)17(3)13-22(20)26/h13-14,16,19H,4-12H2,1-3H3. The minimum atomic E-state index is 0.0899. The maximum absolute atomic E-state index is 9.34. The molecule has 146 valence electrons. The van der Waals surface area contributed by atoms with Crippen LogP contribution in [-0.2, 0) is 4.74 Å². The molecule has 0 N–H and O–H groups in total. The molecule has 3 rings (SSSR count). The average molecular weight is 431 g/mol. The minimum Gasteiger partial charge on any atom is -0.375 e. The first-order valence-corrected chi connectivity index (χ1v) is 11.2. The largest absolute Gasteiger partial charge is 0.375 e. The van der Waals surface area contributed by atoms with Gasteiger partial charge in [0.25, 0.3) is 0 Å². The van der Waals surface area contributed by atoms with Crippen molar-refractivity contribution < 1.29 is 4.74 Å². The van der Waals surface area contributed by atoms with Crippen molar-refractivity contribution in [1.29, 1.82) is 5.26 Å². The van der Waals surface area contributed by atoms with E-state index in [-0.39, 0.29) is 5.60 Å². The van der Waals surface area contributed by atoms with Crippen LogP contribution in [0.4, 0.5) is 0 Å². The minimum absolute atomic E-state index is 0.0899. The number of unbranched alkanes of at least 4 members (excludes halogenated alkanes) is 1. The average Bonchev–Trinajstić information content (AvgIpc) is 3.00. The Balaban J connectivity index is 1.83. The molecular formula is C23H31BrN2O. The molecule has 1 saturated carbocycles. The highest BCUT2D eigenvalue weighted by Crippen LogP contribution is 2.43. The van der Waals surface area contributed by atoms with Crippen LogP contribution in [0.5, 0.6) is 0 Å². The van der Waals surface area contributed by atoms with E-state index >= 15 is 0 Å². The number of fused-ring (bicyclic) bond motifs is 1. The van der Waals surface area contributed by atoms with Crippen molar-refractivity contribution in [3.63, 3.8) is 0 Å². The van der Waals surface area contributed by atoms with E-state index in [1.807, 2.05) is 13.0 Å². The second kappa shape index (κ2) is 8.80. The smallest absolute Gasteiger partial charge is 0.0994 e. The highest BCUT2D eigenvalue weighted by atomic mass is 79.9. The van der Waals surface area contributed by atoms with Crippen molar-refractivity contribution in [2.45, 2.75) is 83.8 Å². The number of rotatable bonds is 7. The maximum atomic E-state index is 9.34. The highest BCUT2D eigenvalue weighted by Gasteiger charge is 2.36. The number of nitrogens with zero attached hydrogens (tertiary/aromatic N) is 2. The fourth-order valence-electron chi connectivity index (χ4n) is 4.47. The van der Waals surface area contributed by atoms with E-state index in [0.29, 0.717) is 6.04 Å². The molecule has 0 aliphatic heterocycles. The predicted octanol–water partition coefficient (Wildman–Crippen LogP) is 7.05. The van der Waals surface area contributed by atoms with Gasteiger partial charge in [0.15, 0.2) is 0 Å². The number of aryl methyl sites for hydroxylation is 1. The zero-order valence-corrected chi connectivity index (χ0v) is 18.4. The Hall–Kier alpha value is -1.31. The van der Waals surface area contributed by atoms with E-state index in [1.165, 1.54) is 24.8 Å². The number of hydrogen-bond acceptors (Lipinski definition) is 2. The third-order valence-corrected chi connectivity index (χ3v) is 6.74. The lowest BCUT2D eigenvalue weighted by atomic mass is 9.78. The summed E-state index contributed by atoms with van der Waals surface area (Å²) in [5.41, 5.74) is 3.14. The van der Waals surface area contributed by atoms with Gasteiger partial charge in [-0.1, -0.05) is 26.7 Å². The summed E-state index contributed by atoms with van der Waals surface area (Å²) in [6.07, 6.45) is 11.6. The maximum Gasteiger partial charge on any atom is 0.0994 e. The van der Waals surface area contributed by atoms with E-state index in [1.54, 1.807) is 0 Å². The Labute approximate surface area is 171 Å². The van der Waals surface area contributed by atoms with Gasteiger partial charge >= 0.3 is 0 Å². The summed E-state index contributed by atoms with van der Waals surface area (Å²) >= 11 is 3.71. The Morgan fingerprint density at radius 1 is 1.26 bits per heavy atom. The lowest BCUT2D eigenvalue weighted by Gasteiger charge is -2.41. The fourth-order valence-corrected chi connectivity index (χ4v) is 5.01. The van der Waals surface area contributed by atoms with Gasteiger partial charge in [-0.15, -0.1) is 0 Å². The third-order valence-electron chi connectivity index (χ3n) is 6.11. The van der Waals surface area contributed by atoms with Crippen LogP contribution in [0.2, 0.25) is 0 Å². The highest BCUT2D eigenvalue weighted by molar-refractivity contribution is 9.10. The Morgan fingerprint density at radius 2 is 2.00 bits per heavy atom. The van der Waals surface area contributed by atoms with E-state index < -0.39 is 0 Å². The van der Waals surface area contributed by atoms with Gasteiger partial charge in [0, 0.05) is 34.2 Å². The van der Waals surface area contributed by atoms with Gasteiger partial charge in [0.1, 0.15) is 0 Å². The van der Waals surface area contributed by atoms with E-state index in [4.69, 9.17) is 4.74 Å². The first-order valence-electron chi connectivity index (χ1n) is 10.4. The molecule has 0 atom stereocenters. The molecule has 1 fully saturated rings. The molecule has 0 unspecified atom stereocenters. The molecule has 1 aliphatic rings. The number of benzene rings is 1. The molecule has 4 heteroatoms. The summed E-state index contributed by atoms with van der Waals surface area (Å²) in [5.74, 6) is 0. The van der Waals surface area contributed by atoms with Crippen molar-refractivity contribution in [2.24, 2.45) is 0 Å². The number of nitriles is 1. The number of ether oxygens (including phenoxy) is 1. The molecule has 3 nitrogen and oxygen atoms in total. The van der Waals surface area contributed by atoms with Gasteiger partial charge in [-0.05, 0) is 79.1 Å². The van der Waals surface area contributed by atoms with Crippen molar-refractivity contribution in [2.75, 3.05) is 6.61 Å². The zero-order valence-electron chi connectivity index (χ0n) is 16.9. The summed E-state index contributed by atoms with van der Waals surface area (Å²) in [5, 5.41) is 10.5. The quantitative estimate of drug-likeness (QED) is 0.471. The van der Waals surface area contributed by atoms with Crippen molar-refractivity contribution >= 4 is 26.8 Å². The Kier molecular flexibility index (Phi) is 6.65. The van der Waals surface area contributed by atoms with Gasteiger partial charge in [-0.3, -0.25) is 0 Å². The molecule has 0 amide bonds. The lowest BCUT2D eigenvalue weighted by molar-refractivity contribution is -0.0829. The molecule has 0 saturated heterocycles. The second-order valence-electron chi connectivity index (χ2n) is 8.05. The van der Waals surface area contributed by atoms with E-state index in [9.17, 15) is 5.26 Å². The normalized spacial score (nSPS) is 22.9. The molecule has 1 aromatic carbocycles. The van der Waals surface area contributed by atoms with Crippen LogP contribution in [0.1, 0.15) is 82.4 Å². The summed E-state index contributed by atoms with van der Waals surface area (Å²) < 4.78 is 9.90. The number of halogens is 1. The van der Waals surface area contributed by atoms with Crippen LogP contribution in [-0.4, -0.2) is 16.8 Å². The van der Waals surface area contributed by atoms with Crippen molar-refractivity contribution in [3.8, 4) is 6.07 Å². The topological polar surface area (TPSA) is 38.0 Å². The molecule has 1 aliphatic carbocycles. The monoisotopic (exact) mass is 430 g/mol. The molecule has 2 aromatic rings. The van der Waals surface area contributed by atoms with Gasteiger partial charge in [0.05, 0.1) is 17.2 Å². The van der Waals surface area contributed by atoms with Crippen LogP contribution in [0.3, 0.4) is 0 Å². The molecular weight excluding hydrogens is 400 g/mol. The summed E-state index contributed by atoms with van der Waals surface area (Å²) in [7, 11) is 0. The Morgan fingerprint density at radius 3 is 2.63 bits per heavy atom. The second-order valence-corrected chi connectivity index (χ2v) is 8.90. The van der Waals surface area contributed by atoms with Gasteiger partial charge in [-0.25, -0.2) is 0 Å². The first kappa shape index (κ1) is 20.4. The van der Waals surface area contributed by atoms with E-state index in [2.05, 4.69) is 52.7 Å². The zero-order chi connectivity index (χ0) is 19.4. The molecule has 0 radical (unpaired) electrons. The van der Waals surface area contributed by atoms with Crippen LogP contribution in [0.15, 0.2) is 22.8 Å². The summed E-state index contributed by atoms with van der Waals surface area (Å²) in [6.45, 7) is 7.36. The van der Waals surface area contributed by atoms with Gasteiger partial charge < -0.3 is 9.30 Å². The third kappa shape index (κ3) is 4.25. The summed E-state index contributed by atoms with van der Waals surface area (Å²) in [6, 6.07) is 7.00. The Bertz CT molecular complexity index is 815. The molecule has 1 aromatic heterocycles. The SMILES string of the molecule is CCCCC1(OCCC)CCC(n2cc(Br)c3cc(C#N)c(C)cc32)CC1. The van der Waals surface area contributed by atoms with Crippen LogP contribution < -0.4 is 0 Å². The molecule has 27 heavy (non-hydrogen) atoms. The van der Waals surface area contributed by atoms with E-state index in [0.717, 1.165) is 59.7 Å². The summed E-state index contributed by atoms with van der Waals surface area (Å²) in [4.78, 5) is 0. The molecule has 1 heterocycles. The predicted molar refractivity (Wildman–Crippen MR) is 115 cm³/mol. The van der Waals surface area contributed by atoms with Crippen LogP contribution in [0.25, 0.3) is 10.9 Å². The van der Waals surface area contributed by atoms with Crippen molar-refractivity contribution in [3.05, 3.63) is 33.9 Å². The first-order chi connectivity index (χ1) is 13.0. The van der Waals surface area contributed by atoms with Gasteiger partial charge in [0.2, 0.25) is 0 Å². The fraction of sp³-hybridized carbons (Fsp3) is 0.609. The molecule has 0 bridgehead atoms. The van der Waals surface area contributed by atoms with Crippen LogP contribution in [0, 0.1) is 18.3 Å². The molecule has 0 spiro atoms. The number of hydrogen-bond donors (Lipinski definition) is 0. The number of aromatic nitrogens is 1.